The van der Waals surface area contributed by atoms with Crippen LogP contribution in [0.2, 0.25) is 0 Å². The Morgan fingerprint density at radius 1 is 1.22 bits per heavy atom. The van der Waals surface area contributed by atoms with Crippen LogP contribution in [0.1, 0.15) is 5.56 Å². The molecule has 2 amide bonds. The molecule has 1 aromatic carbocycles. The number of carbonyl (C=O) groups is 2. The van der Waals surface area contributed by atoms with Gasteiger partial charge >= 0.3 is 0 Å². The van der Waals surface area contributed by atoms with Crippen LogP contribution in [0.15, 0.2) is 29.2 Å². The predicted octanol–water partition coefficient (Wildman–Crippen LogP) is 1.72. The van der Waals surface area contributed by atoms with Gasteiger partial charge in [-0.3, -0.25) is 19.8 Å². The Labute approximate surface area is 138 Å². The highest BCUT2D eigenvalue weighted by atomic mass is 32.2. The van der Waals surface area contributed by atoms with Crippen LogP contribution in [0, 0.1) is 0 Å². The lowest BCUT2D eigenvalue weighted by atomic mass is 10.2. The maximum absolute atomic E-state index is 11.5. The second-order valence-electron chi connectivity index (χ2n) is 5.22. The zero-order valence-electron chi connectivity index (χ0n) is 12.6. The van der Waals surface area contributed by atoms with Crippen molar-refractivity contribution in [1.82, 2.24) is 10.2 Å². The van der Waals surface area contributed by atoms with Crippen LogP contribution in [0.5, 0.6) is 5.75 Å². The average molecular weight is 334 g/mol. The molecule has 3 rings (SSSR count). The molecule has 7 heteroatoms. The molecule has 0 aromatic heterocycles. The summed E-state index contributed by atoms with van der Waals surface area (Å²) in [5.74, 6) is 0.450. The lowest BCUT2D eigenvalue weighted by Gasteiger charge is -2.26. The van der Waals surface area contributed by atoms with E-state index in [0.717, 1.165) is 55.9 Å². The maximum atomic E-state index is 11.5. The van der Waals surface area contributed by atoms with E-state index in [1.807, 2.05) is 24.3 Å². The molecule has 0 aliphatic carbocycles. The van der Waals surface area contributed by atoms with Crippen LogP contribution >= 0.6 is 11.8 Å². The van der Waals surface area contributed by atoms with Crippen molar-refractivity contribution >= 4 is 29.0 Å². The van der Waals surface area contributed by atoms with Gasteiger partial charge < -0.3 is 9.47 Å². The van der Waals surface area contributed by atoms with Crippen LogP contribution < -0.4 is 10.1 Å². The summed E-state index contributed by atoms with van der Waals surface area (Å²) in [6.07, 6.45) is 1.70. The number of carbonyl (C=O) groups excluding carboxylic acids is 2. The molecule has 0 spiro atoms. The normalized spacial score (nSPS) is 20.8. The Kier molecular flexibility index (Phi) is 5.32. The van der Waals surface area contributed by atoms with Crippen LogP contribution in [0.3, 0.4) is 0 Å². The summed E-state index contributed by atoms with van der Waals surface area (Å²) in [6.45, 7) is 5.00. The number of rotatable bonds is 5. The summed E-state index contributed by atoms with van der Waals surface area (Å²) < 4.78 is 11.0. The van der Waals surface area contributed by atoms with Crippen LogP contribution in [-0.4, -0.2) is 55.5 Å². The zero-order chi connectivity index (χ0) is 16.1. The second kappa shape index (κ2) is 7.63. The topological polar surface area (TPSA) is 67.9 Å². The maximum Gasteiger partial charge on any atom is 0.290 e. The van der Waals surface area contributed by atoms with Gasteiger partial charge in [-0.2, -0.15) is 0 Å². The molecule has 0 bridgehead atoms. The first-order valence-electron chi connectivity index (χ1n) is 7.48. The van der Waals surface area contributed by atoms with Gasteiger partial charge in [0.05, 0.1) is 18.1 Å². The van der Waals surface area contributed by atoms with E-state index < -0.39 is 0 Å². The monoisotopic (exact) mass is 334 g/mol. The van der Waals surface area contributed by atoms with E-state index in [2.05, 4.69) is 10.2 Å². The average Bonchev–Trinajstić information content (AvgIpc) is 2.88. The smallest absolute Gasteiger partial charge is 0.290 e. The van der Waals surface area contributed by atoms with Gasteiger partial charge in [0.15, 0.2) is 0 Å². The van der Waals surface area contributed by atoms with E-state index >= 15 is 0 Å². The van der Waals surface area contributed by atoms with Gasteiger partial charge in [0.2, 0.25) is 0 Å². The molecule has 2 aliphatic heterocycles. The lowest BCUT2D eigenvalue weighted by molar-refractivity contribution is -0.115. The van der Waals surface area contributed by atoms with Gasteiger partial charge in [-0.1, -0.05) is 12.1 Å². The molecule has 122 valence electrons. The number of amides is 2. The highest BCUT2D eigenvalue weighted by molar-refractivity contribution is 8.18. The molecule has 2 saturated heterocycles. The highest BCUT2D eigenvalue weighted by Gasteiger charge is 2.24. The summed E-state index contributed by atoms with van der Waals surface area (Å²) in [6, 6.07) is 7.47. The van der Waals surface area contributed by atoms with Crippen molar-refractivity contribution < 1.29 is 19.1 Å². The van der Waals surface area contributed by atoms with Crippen LogP contribution in [0.25, 0.3) is 6.08 Å². The predicted molar refractivity (Wildman–Crippen MR) is 88.3 cm³/mol. The molecule has 6 nitrogen and oxygen atoms in total. The number of nitrogens with zero attached hydrogens (tertiary/aromatic N) is 1. The molecule has 2 fully saturated rings. The fourth-order valence-electron chi connectivity index (χ4n) is 2.35. The molecular weight excluding hydrogens is 316 g/mol. The Morgan fingerprint density at radius 3 is 2.61 bits per heavy atom. The van der Waals surface area contributed by atoms with Crippen molar-refractivity contribution in [2.45, 2.75) is 0 Å². The van der Waals surface area contributed by atoms with E-state index in [1.165, 1.54) is 0 Å². The van der Waals surface area contributed by atoms with Crippen molar-refractivity contribution in [2.24, 2.45) is 0 Å². The third-order valence-electron chi connectivity index (χ3n) is 3.60. The molecule has 2 heterocycles. The summed E-state index contributed by atoms with van der Waals surface area (Å²) in [4.78, 5) is 25.3. The van der Waals surface area contributed by atoms with Crippen LogP contribution in [-0.2, 0) is 9.53 Å². The van der Waals surface area contributed by atoms with Crippen molar-refractivity contribution in [3.05, 3.63) is 34.7 Å². The Hall–Kier alpha value is -1.83. The van der Waals surface area contributed by atoms with Crippen molar-refractivity contribution in [3.63, 3.8) is 0 Å². The van der Waals surface area contributed by atoms with Gasteiger partial charge in [0.25, 0.3) is 11.1 Å². The lowest BCUT2D eigenvalue weighted by Crippen LogP contribution is -2.38. The largest absolute Gasteiger partial charge is 0.492 e. The first-order valence-corrected chi connectivity index (χ1v) is 8.30. The number of nitrogens with one attached hydrogen (secondary N) is 1. The van der Waals surface area contributed by atoms with Gasteiger partial charge in [-0.05, 0) is 35.5 Å². The van der Waals surface area contributed by atoms with E-state index in [9.17, 15) is 9.59 Å². The highest BCUT2D eigenvalue weighted by Crippen LogP contribution is 2.26. The first-order chi connectivity index (χ1) is 11.2. The standard InChI is InChI=1S/C16H18N2O4S/c19-15-14(23-16(20)17-15)11-12-1-3-13(4-2-12)22-10-7-18-5-8-21-9-6-18/h1-4,11H,5-10H2,(H,17,19,20)/b14-11-. The molecule has 0 unspecified atom stereocenters. The van der Waals surface area contributed by atoms with E-state index in [1.54, 1.807) is 6.08 Å². The molecule has 1 aromatic rings. The fraction of sp³-hybridized carbons (Fsp3) is 0.375. The van der Waals surface area contributed by atoms with Gasteiger partial charge in [0, 0.05) is 19.6 Å². The summed E-state index contributed by atoms with van der Waals surface area (Å²) in [7, 11) is 0. The molecule has 2 aliphatic rings. The number of morpholine rings is 1. The SMILES string of the molecule is O=C1NC(=O)/C(=C/c2ccc(OCCN3CCOCC3)cc2)S1. The number of benzene rings is 1. The summed E-state index contributed by atoms with van der Waals surface area (Å²) in [5.41, 5.74) is 0.859. The molecule has 23 heavy (non-hydrogen) atoms. The van der Waals surface area contributed by atoms with Crippen LogP contribution in [0.4, 0.5) is 4.79 Å². The quantitative estimate of drug-likeness (QED) is 0.827. The number of hydrogen-bond acceptors (Lipinski definition) is 6. The second-order valence-corrected chi connectivity index (χ2v) is 6.24. The van der Waals surface area contributed by atoms with Crippen molar-refractivity contribution in [2.75, 3.05) is 39.5 Å². The van der Waals surface area contributed by atoms with Crippen molar-refractivity contribution in [3.8, 4) is 5.75 Å². The summed E-state index contributed by atoms with van der Waals surface area (Å²) >= 11 is 0.917. The third kappa shape index (κ3) is 4.57. The van der Waals surface area contributed by atoms with E-state index in [4.69, 9.17) is 9.47 Å². The zero-order valence-corrected chi connectivity index (χ0v) is 13.4. The molecule has 0 radical (unpaired) electrons. The molecular formula is C16H18N2O4S. The Bertz CT molecular complexity index is 609. The van der Waals surface area contributed by atoms with Crippen molar-refractivity contribution in [1.29, 1.82) is 0 Å². The Balaban J connectivity index is 1.50. The number of thioether (sulfide) groups is 1. The number of hydrogen-bond donors (Lipinski definition) is 1. The van der Waals surface area contributed by atoms with Gasteiger partial charge in [-0.25, -0.2) is 0 Å². The number of imide groups is 1. The molecule has 0 saturated carbocycles. The minimum atomic E-state index is -0.342. The minimum absolute atomic E-state index is 0.329. The molecule has 1 N–H and O–H groups in total. The minimum Gasteiger partial charge on any atom is -0.492 e. The first kappa shape index (κ1) is 16.0. The molecule has 0 atom stereocenters. The Morgan fingerprint density at radius 2 is 1.96 bits per heavy atom. The van der Waals surface area contributed by atoms with Gasteiger partial charge in [-0.15, -0.1) is 0 Å². The number of ether oxygens (including phenoxy) is 2. The van der Waals surface area contributed by atoms with E-state index in [-0.39, 0.29) is 11.1 Å². The summed E-state index contributed by atoms with van der Waals surface area (Å²) in [5, 5.41) is 1.91. The van der Waals surface area contributed by atoms with E-state index in [0.29, 0.717) is 11.5 Å². The third-order valence-corrected chi connectivity index (χ3v) is 4.41. The van der Waals surface area contributed by atoms with Gasteiger partial charge in [0.1, 0.15) is 12.4 Å². The fourth-order valence-corrected chi connectivity index (χ4v) is 3.03.